The summed E-state index contributed by atoms with van der Waals surface area (Å²) in [4.78, 5) is 25.4. The molecule has 3 heterocycles. The molecule has 4 rings (SSSR count). The predicted octanol–water partition coefficient (Wildman–Crippen LogP) is 0.847. The lowest BCUT2D eigenvalue weighted by molar-refractivity contribution is 0.0909. The second-order valence-electron chi connectivity index (χ2n) is 8.33. The van der Waals surface area contributed by atoms with E-state index in [1.807, 2.05) is 39.0 Å². The molecule has 0 saturated carbocycles. The van der Waals surface area contributed by atoms with Crippen molar-refractivity contribution < 1.29 is 9.53 Å². The highest BCUT2D eigenvalue weighted by Crippen LogP contribution is 2.27. The molecule has 0 aliphatic carbocycles. The normalized spacial score (nSPS) is 11.9. The van der Waals surface area contributed by atoms with E-state index in [2.05, 4.69) is 40.9 Å². The molecule has 1 amide bonds. The first-order valence-corrected chi connectivity index (χ1v) is 10.2. The number of benzene rings is 1. The van der Waals surface area contributed by atoms with Crippen molar-refractivity contribution in [3.8, 4) is 5.75 Å². The van der Waals surface area contributed by atoms with E-state index >= 15 is 0 Å². The topological polar surface area (TPSA) is 161 Å². The first-order valence-electron chi connectivity index (χ1n) is 10.2. The van der Waals surface area contributed by atoms with E-state index in [1.54, 1.807) is 7.11 Å². The van der Waals surface area contributed by atoms with Crippen LogP contribution in [0.2, 0.25) is 0 Å². The molecule has 0 aliphatic rings. The van der Waals surface area contributed by atoms with Crippen molar-refractivity contribution in [2.75, 3.05) is 19.4 Å². The number of carbonyl (C=O) groups is 1. The first kappa shape index (κ1) is 21.4. The summed E-state index contributed by atoms with van der Waals surface area (Å²) in [6.45, 7) is 6.71. The molecule has 12 heteroatoms. The third-order valence-corrected chi connectivity index (χ3v) is 4.60. The van der Waals surface area contributed by atoms with Crippen molar-refractivity contribution in [3.63, 3.8) is 0 Å². The molecule has 168 valence electrons. The molecule has 1 aromatic carbocycles. The summed E-state index contributed by atoms with van der Waals surface area (Å²) in [5, 5.41) is 18.1. The monoisotopic (exact) mass is 438 g/mol. The summed E-state index contributed by atoms with van der Waals surface area (Å²) in [6.07, 6.45) is 0.568. The van der Waals surface area contributed by atoms with Gasteiger partial charge in [-0.3, -0.25) is 9.89 Å². The average Bonchev–Trinajstić information content (AvgIpc) is 3.37. The largest absolute Gasteiger partial charge is 0.494 e. The fourth-order valence-electron chi connectivity index (χ4n) is 3.22. The van der Waals surface area contributed by atoms with Gasteiger partial charge in [0.1, 0.15) is 17.1 Å². The molecule has 0 unspecified atom stereocenters. The summed E-state index contributed by atoms with van der Waals surface area (Å²) < 4.78 is 6.91. The number of aromatic amines is 1. The van der Waals surface area contributed by atoms with Crippen LogP contribution in [0, 0.1) is 0 Å². The third-order valence-electron chi connectivity index (χ3n) is 4.60. The van der Waals surface area contributed by atoms with Gasteiger partial charge in [0.15, 0.2) is 11.5 Å². The number of hydrogen-bond acceptors (Lipinski definition) is 9. The second kappa shape index (κ2) is 8.38. The molecule has 0 spiro atoms. The highest BCUT2D eigenvalue weighted by Gasteiger charge is 2.19. The standard InChI is InChI=1S/C20H26N10O2/c1-20(2,3)26-18(31)16-23-14(27-28-16)10-22-9-8-13-24-17-11-6-5-7-12(32-4)15(11)25-19(21)30(17)29-13/h5-7,22H,8-10H2,1-4H3,(H2,21,25)(H,26,31)(H,23,27,28). The fourth-order valence-corrected chi connectivity index (χ4v) is 3.22. The fraction of sp³-hybridized carbons (Fsp3) is 0.400. The van der Waals surface area contributed by atoms with Gasteiger partial charge in [0, 0.05) is 23.9 Å². The summed E-state index contributed by atoms with van der Waals surface area (Å²) in [5.74, 6) is 1.87. The van der Waals surface area contributed by atoms with E-state index in [0.29, 0.717) is 48.1 Å². The van der Waals surface area contributed by atoms with Gasteiger partial charge in [-0.15, -0.1) is 10.2 Å². The lowest BCUT2D eigenvalue weighted by Crippen LogP contribution is -2.41. The van der Waals surface area contributed by atoms with Crippen LogP contribution in [0.5, 0.6) is 5.75 Å². The van der Waals surface area contributed by atoms with Crippen LogP contribution in [0.25, 0.3) is 16.6 Å². The Morgan fingerprint density at radius 1 is 1.25 bits per heavy atom. The molecule has 0 saturated heterocycles. The van der Waals surface area contributed by atoms with E-state index in [-0.39, 0.29) is 23.2 Å². The molecule has 12 nitrogen and oxygen atoms in total. The Balaban J connectivity index is 1.40. The number of H-pyrrole nitrogens is 1. The number of amides is 1. The number of para-hydroxylation sites is 1. The molecular formula is C20H26N10O2. The first-order chi connectivity index (χ1) is 15.2. The van der Waals surface area contributed by atoms with Gasteiger partial charge in [0.05, 0.1) is 13.7 Å². The van der Waals surface area contributed by atoms with Gasteiger partial charge in [-0.1, -0.05) is 6.07 Å². The van der Waals surface area contributed by atoms with Crippen LogP contribution in [0.3, 0.4) is 0 Å². The van der Waals surface area contributed by atoms with E-state index < -0.39 is 0 Å². The maximum atomic E-state index is 12.1. The van der Waals surface area contributed by atoms with Crippen LogP contribution in [0.1, 0.15) is 43.0 Å². The molecule has 0 radical (unpaired) electrons. The average molecular weight is 438 g/mol. The third kappa shape index (κ3) is 4.44. The van der Waals surface area contributed by atoms with Crippen LogP contribution in [-0.2, 0) is 13.0 Å². The number of nitrogens with two attached hydrogens (primary N) is 1. The van der Waals surface area contributed by atoms with Crippen LogP contribution < -0.4 is 21.1 Å². The molecule has 0 bridgehead atoms. The molecule has 4 aromatic rings. The zero-order valence-electron chi connectivity index (χ0n) is 18.4. The Morgan fingerprint density at radius 3 is 2.81 bits per heavy atom. The van der Waals surface area contributed by atoms with Crippen LogP contribution >= 0.6 is 0 Å². The molecule has 0 aliphatic heterocycles. The number of carbonyl (C=O) groups excluding carboxylic acids is 1. The number of nitrogen functional groups attached to an aromatic ring is 1. The van der Waals surface area contributed by atoms with Crippen molar-refractivity contribution in [1.29, 1.82) is 0 Å². The molecular weight excluding hydrogens is 412 g/mol. The van der Waals surface area contributed by atoms with Crippen LogP contribution in [0.15, 0.2) is 18.2 Å². The van der Waals surface area contributed by atoms with Gasteiger partial charge in [0.25, 0.3) is 5.91 Å². The number of hydrogen-bond donors (Lipinski definition) is 4. The molecule has 0 fully saturated rings. The summed E-state index contributed by atoms with van der Waals surface area (Å²) in [7, 11) is 1.59. The molecule has 0 atom stereocenters. The van der Waals surface area contributed by atoms with Gasteiger partial charge < -0.3 is 21.1 Å². The van der Waals surface area contributed by atoms with Gasteiger partial charge in [-0.25, -0.2) is 15.0 Å². The van der Waals surface area contributed by atoms with Gasteiger partial charge in [-0.2, -0.15) is 4.52 Å². The molecule has 32 heavy (non-hydrogen) atoms. The number of methoxy groups -OCH3 is 1. The maximum Gasteiger partial charge on any atom is 0.291 e. The predicted molar refractivity (Wildman–Crippen MR) is 118 cm³/mol. The number of anilines is 1. The van der Waals surface area contributed by atoms with Crippen molar-refractivity contribution in [1.82, 2.24) is 45.4 Å². The van der Waals surface area contributed by atoms with E-state index in [0.717, 1.165) is 5.39 Å². The van der Waals surface area contributed by atoms with Gasteiger partial charge in [-0.05, 0) is 32.9 Å². The number of nitrogens with zero attached hydrogens (tertiary/aromatic N) is 6. The Kier molecular flexibility index (Phi) is 5.61. The zero-order chi connectivity index (χ0) is 22.9. The van der Waals surface area contributed by atoms with E-state index in [4.69, 9.17) is 10.5 Å². The van der Waals surface area contributed by atoms with Crippen molar-refractivity contribution in [2.24, 2.45) is 0 Å². The van der Waals surface area contributed by atoms with Crippen molar-refractivity contribution in [3.05, 3.63) is 35.7 Å². The molecule has 5 N–H and O–H groups in total. The van der Waals surface area contributed by atoms with Crippen molar-refractivity contribution >= 4 is 28.4 Å². The SMILES string of the molecule is COc1cccc2c1nc(N)n1nc(CCNCc3nc(C(=O)NC(C)(C)C)n[nH]3)nc21. The van der Waals surface area contributed by atoms with E-state index in [1.165, 1.54) is 4.52 Å². The lowest BCUT2D eigenvalue weighted by atomic mass is 10.1. The second-order valence-corrected chi connectivity index (χ2v) is 8.33. The lowest BCUT2D eigenvalue weighted by Gasteiger charge is -2.18. The number of fused-ring (bicyclic) bond motifs is 3. The van der Waals surface area contributed by atoms with Gasteiger partial charge in [0.2, 0.25) is 11.8 Å². The van der Waals surface area contributed by atoms with Crippen molar-refractivity contribution in [2.45, 2.75) is 39.3 Å². The zero-order valence-corrected chi connectivity index (χ0v) is 18.4. The number of nitrogens with one attached hydrogen (secondary N) is 3. The summed E-state index contributed by atoms with van der Waals surface area (Å²) in [6, 6.07) is 5.62. The maximum absolute atomic E-state index is 12.1. The van der Waals surface area contributed by atoms with Crippen LogP contribution in [-0.4, -0.2) is 59.9 Å². The van der Waals surface area contributed by atoms with Gasteiger partial charge >= 0.3 is 0 Å². The minimum Gasteiger partial charge on any atom is -0.494 e. The quantitative estimate of drug-likeness (QED) is 0.306. The van der Waals surface area contributed by atoms with E-state index in [9.17, 15) is 4.79 Å². The summed E-state index contributed by atoms with van der Waals surface area (Å²) in [5.41, 5.74) is 7.00. The van der Waals surface area contributed by atoms with Crippen LogP contribution in [0.4, 0.5) is 5.95 Å². The summed E-state index contributed by atoms with van der Waals surface area (Å²) >= 11 is 0. The Bertz CT molecular complexity index is 1270. The Hall–Kier alpha value is -3.80. The molecule has 3 aromatic heterocycles. The minimum absolute atomic E-state index is 0.115. The Morgan fingerprint density at radius 2 is 2.06 bits per heavy atom. The smallest absolute Gasteiger partial charge is 0.291 e. The highest BCUT2D eigenvalue weighted by atomic mass is 16.5. The number of aromatic nitrogens is 7. The highest BCUT2D eigenvalue weighted by molar-refractivity contribution is 5.95. The minimum atomic E-state index is -0.355. The number of ether oxygens (including phenoxy) is 1. The Labute approximate surface area is 184 Å². The number of rotatable bonds is 7.